The van der Waals surface area contributed by atoms with Crippen LogP contribution in [0.3, 0.4) is 0 Å². The SMILES string of the molecule is CCCCn1c2c(cc(C(=O)N[C@H](CCl)c3ccccc3)c1=O)CCCCCC2. The minimum atomic E-state index is -0.334. The predicted molar refractivity (Wildman–Crippen MR) is 119 cm³/mol. The first-order valence-corrected chi connectivity index (χ1v) is 11.4. The molecule has 3 rings (SSSR count). The summed E-state index contributed by atoms with van der Waals surface area (Å²) < 4.78 is 1.87. The van der Waals surface area contributed by atoms with Crippen molar-refractivity contribution < 1.29 is 4.79 Å². The molecule has 5 heteroatoms. The second-order valence-electron chi connectivity index (χ2n) is 7.85. The Balaban J connectivity index is 1.96. The van der Waals surface area contributed by atoms with E-state index in [0.29, 0.717) is 6.54 Å². The Morgan fingerprint density at radius 2 is 1.86 bits per heavy atom. The Morgan fingerprint density at radius 1 is 1.14 bits per heavy atom. The lowest BCUT2D eigenvalue weighted by atomic mass is 9.95. The highest BCUT2D eigenvalue weighted by Crippen LogP contribution is 2.21. The van der Waals surface area contributed by atoms with Gasteiger partial charge in [-0.3, -0.25) is 9.59 Å². The van der Waals surface area contributed by atoms with E-state index in [1.807, 2.05) is 41.0 Å². The number of aryl methyl sites for hydroxylation is 1. The zero-order valence-corrected chi connectivity index (χ0v) is 18.0. The average Bonchev–Trinajstić information content (AvgIpc) is 2.72. The molecule has 1 aromatic heterocycles. The zero-order valence-electron chi connectivity index (χ0n) is 17.3. The van der Waals surface area contributed by atoms with E-state index in [2.05, 4.69) is 12.2 Å². The molecule has 1 aliphatic carbocycles. The number of halogens is 1. The summed E-state index contributed by atoms with van der Waals surface area (Å²) in [6.45, 7) is 2.80. The summed E-state index contributed by atoms with van der Waals surface area (Å²) in [6.07, 6.45) is 8.42. The first-order valence-electron chi connectivity index (χ1n) is 10.8. The first-order chi connectivity index (χ1) is 14.2. The average molecular weight is 415 g/mol. The number of unbranched alkanes of at least 4 members (excludes halogenated alkanes) is 1. The molecule has 4 nitrogen and oxygen atoms in total. The van der Waals surface area contributed by atoms with Gasteiger partial charge in [-0.1, -0.05) is 56.5 Å². The molecule has 0 spiro atoms. The molecule has 0 radical (unpaired) electrons. The Morgan fingerprint density at radius 3 is 2.55 bits per heavy atom. The summed E-state index contributed by atoms with van der Waals surface area (Å²) in [5.74, 6) is -0.0790. The van der Waals surface area contributed by atoms with Crippen LogP contribution in [0, 0.1) is 0 Å². The maximum atomic E-state index is 13.3. The zero-order chi connectivity index (χ0) is 20.6. The molecule has 0 aliphatic heterocycles. The third-order valence-electron chi connectivity index (χ3n) is 5.74. The minimum Gasteiger partial charge on any atom is -0.344 e. The number of hydrogen-bond acceptors (Lipinski definition) is 2. The predicted octanol–water partition coefficient (Wildman–Crippen LogP) is 5.02. The quantitative estimate of drug-likeness (QED) is 0.647. The van der Waals surface area contributed by atoms with Crippen molar-refractivity contribution in [2.45, 2.75) is 70.9 Å². The van der Waals surface area contributed by atoms with Gasteiger partial charge in [0.05, 0.1) is 6.04 Å². The summed E-state index contributed by atoms with van der Waals surface area (Å²) in [6, 6.07) is 11.2. The van der Waals surface area contributed by atoms with E-state index in [1.54, 1.807) is 0 Å². The third kappa shape index (κ3) is 5.30. The third-order valence-corrected chi connectivity index (χ3v) is 6.05. The van der Waals surface area contributed by atoms with Gasteiger partial charge in [-0.05, 0) is 49.3 Å². The second kappa shape index (κ2) is 10.6. The van der Waals surface area contributed by atoms with Crippen LogP contribution in [0.2, 0.25) is 0 Å². The number of rotatable bonds is 7. The van der Waals surface area contributed by atoms with Crippen molar-refractivity contribution in [1.29, 1.82) is 0 Å². The van der Waals surface area contributed by atoms with Crippen molar-refractivity contribution in [3.05, 3.63) is 69.1 Å². The number of pyridine rings is 1. The second-order valence-corrected chi connectivity index (χ2v) is 8.15. The molecule has 1 N–H and O–H groups in total. The summed E-state index contributed by atoms with van der Waals surface area (Å²) in [5, 5.41) is 2.97. The highest BCUT2D eigenvalue weighted by atomic mass is 35.5. The van der Waals surface area contributed by atoms with Gasteiger partial charge >= 0.3 is 0 Å². The Hall–Kier alpha value is -2.07. The fourth-order valence-electron chi connectivity index (χ4n) is 4.08. The molecule has 1 aromatic carbocycles. The molecule has 1 heterocycles. The number of nitrogens with one attached hydrogen (secondary N) is 1. The van der Waals surface area contributed by atoms with Crippen molar-refractivity contribution in [2.75, 3.05) is 5.88 Å². The summed E-state index contributed by atoms with van der Waals surface area (Å²) >= 11 is 6.13. The molecular weight excluding hydrogens is 384 g/mol. The maximum Gasteiger partial charge on any atom is 0.263 e. The highest BCUT2D eigenvalue weighted by Gasteiger charge is 2.22. The Kier molecular flexibility index (Phi) is 7.93. The van der Waals surface area contributed by atoms with Gasteiger partial charge in [-0.2, -0.15) is 0 Å². The van der Waals surface area contributed by atoms with Crippen LogP contribution in [0.15, 0.2) is 41.2 Å². The lowest BCUT2D eigenvalue weighted by Gasteiger charge is -2.22. The maximum absolute atomic E-state index is 13.3. The number of aromatic nitrogens is 1. The van der Waals surface area contributed by atoms with E-state index in [1.165, 1.54) is 12.8 Å². The van der Waals surface area contributed by atoms with Crippen molar-refractivity contribution in [3.8, 4) is 0 Å². The van der Waals surface area contributed by atoms with E-state index in [9.17, 15) is 9.59 Å². The molecular formula is C24H31ClN2O2. The van der Waals surface area contributed by atoms with E-state index in [0.717, 1.165) is 55.3 Å². The summed E-state index contributed by atoms with van der Waals surface area (Å²) in [4.78, 5) is 26.4. The number of nitrogens with zero attached hydrogens (tertiary/aromatic N) is 1. The van der Waals surface area contributed by atoms with Gasteiger partial charge in [0.15, 0.2) is 0 Å². The first kappa shape index (κ1) is 21.6. The van der Waals surface area contributed by atoms with Crippen LogP contribution in [0.1, 0.15) is 78.7 Å². The molecule has 29 heavy (non-hydrogen) atoms. The molecule has 2 aromatic rings. The van der Waals surface area contributed by atoms with Crippen LogP contribution in [-0.4, -0.2) is 16.4 Å². The Labute approximate surface area is 178 Å². The monoisotopic (exact) mass is 414 g/mol. The molecule has 0 unspecified atom stereocenters. The van der Waals surface area contributed by atoms with Crippen LogP contribution in [0.5, 0.6) is 0 Å². The number of carbonyl (C=O) groups is 1. The minimum absolute atomic E-state index is 0.170. The number of benzene rings is 1. The van der Waals surface area contributed by atoms with Crippen molar-refractivity contribution in [3.63, 3.8) is 0 Å². The number of carbonyl (C=O) groups excluding carboxylic acids is 1. The molecule has 0 saturated heterocycles. The molecule has 0 fully saturated rings. The van der Waals surface area contributed by atoms with Gasteiger partial charge in [-0.25, -0.2) is 0 Å². The molecule has 0 saturated carbocycles. The van der Waals surface area contributed by atoms with Gasteiger partial charge in [-0.15, -0.1) is 11.6 Å². The van der Waals surface area contributed by atoms with Crippen molar-refractivity contribution in [2.24, 2.45) is 0 Å². The lowest BCUT2D eigenvalue weighted by molar-refractivity contribution is 0.0938. The van der Waals surface area contributed by atoms with Crippen LogP contribution in [0.4, 0.5) is 0 Å². The van der Waals surface area contributed by atoms with Gasteiger partial charge in [0, 0.05) is 18.1 Å². The number of hydrogen-bond donors (Lipinski definition) is 1. The molecule has 0 bridgehead atoms. The van der Waals surface area contributed by atoms with Gasteiger partial charge in [0.1, 0.15) is 5.56 Å². The fraction of sp³-hybridized carbons (Fsp3) is 0.500. The van der Waals surface area contributed by atoms with E-state index in [4.69, 9.17) is 11.6 Å². The van der Waals surface area contributed by atoms with Gasteiger partial charge in [0.25, 0.3) is 11.5 Å². The smallest absolute Gasteiger partial charge is 0.263 e. The number of alkyl halides is 1. The lowest BCUT2D eigenvalue weighted by Crippen LogP contribution is -2.37. The van der Waals surface area contributed by atoms with E-state index >= 15 is 0 Å². The van der Waals surface area contributed by atoms with Crippen molar-refractivity contribution >= 4 is 17.5 Å². The van der Waals surface area contributed by atoms with Crippen molar-refractivity contribution in [1.82, 2.24) is 9.88 Å². The van der Waals surface area contributed by atoms with Crippen LogP contribution in [0.25, 0.3) is 0 Å². The highest BCUT2D eigenvalue weighted by molar-refractivity contribution is 6.18. The molecule has 156 valence electrons. The van der Waals surface area contributed by atoms with Crippen LogP contribution < -0.4 is 10.9 Å². The Bertz CT molecular complexity index is 876. The topological polar surface area (TPSA) is 51.1 Å². The fourth-order valence-corrected chi connectivity index (χ4v) is 4.34. The molecule has 1 aliphatic rings. The standard InChI is InChI=1S/C24H31ClN2O2/c1-2-3-15-27-22-14-10-5-4-7-13-19(22)16-20(24(27)29)23(28)26-21(17-25)18-11-8-6-9-12-18/h6,8-9,11-12,16,21H,2-5,7,10,13-15,17H2,1H3,(H,26,28)/t21-/m1/s1. The molecule has 1 amide bonds. The van der Waals surface area contributed by atoms with Gasteiger partial charge < -0.3 is 9.88 Å². The largest absolute Gasteiger partial charge is 0.344 e. The normalized spacial score (nSPS) is 15.1. The van der Waals surface area contributed by atoms with Gasteiger partial charge in [0.2, 0.25) is 0 Å². The summed E-state index contributed by atoms with van der Waals surface area (Å²) in [5.41, 5.74) is 3.31. The number of amides is 1. The summed E-state index contributed by atoms with van der Waals surface area (Å²) in [7, 11) is 0. The molecule has 1 atom stereocenters. The van der Waals surface area contributed by atoms with Crippen LogP contribution >= 0.6 is 11.6 Å². The van der Waals surface area contributed by atoms with E-state index in [-0.39, 0.29) is 29.0 Å². The van der Waals surface area contributed by atoms with E-state index < -0.39 is 0 Å². The van der Waals surface area contributed by atoms with Crippen LogP contribution in [-0.2, 0) is 19.4 Å². The number of fused-ring (bicyclic) bond motifs is 1.